The smallest absolute Gasteiger partial charge is 0.287 e. The Kier molecular flexibility index (Phi) is 6.09. The number of benzene rings is 3. The zero-order chi connectivity index (χ0) is 22.8. The summed E-state index contributed by atoms with van der Waals surface area (Å²) in [4.78, 5) is 36.2. The van der Waals surface area contributed by atoms with Crippen molar-refractivity contribution in [3.8, 4) is 0 Å². The highest BCUT2D eigenvalue weighted by Crippen LogP contribution is 2.40. The standard InChI is InChI=1S/C22H13Cl2N3O4S/c23-13-5-1-4-12(10-13)21(28)25-14-6-2-7-15(11-14)26-22(29)20-18(24)16-8-3-9-17(27(30)31)19(16)32-20/h1-11H,(H,25,28)(H,26,29). The zero-order valence-electron chi connectivity index (χ0n) is 16.1. The molecule has 0 aliphatic carbocycles. The summed E-state index contributed by atoms with van der Waals surface area (Å²) in [6.45, 7) is 0. The number of nitro groups is 1. The average molecular weight is 486 g/mol. The van der Waals surface area contributed by atoms with E-state index in [0.717, 1.165) is 11.3 Å². The number of anilines is 2. The van der Waals surface area contributed by atoms with Crippen molar-refractivity contribution in [1.82, 2.24) is 0 Å². The first-order valence-electron chi connectivity index (χ1n) is 9.17. The Balaban J connectivity index is 1.56. The van der Waals surface area contributed by atoms with Crippen molar-refractivity contribution < 1.29 is 14.5 Å². The molecule has 10 heteroatoms. The first-order valence-corrected chi connectivity index (χ1v) is 10.7. The van der Waals surface area contributed by atoms with Gasteiger partial charge in [-0.3, -0.25) is 19.7 Å². The van der Waals surface area contributed by atoms with Crippen LogP contribution in [0.4, 0.5) is 17.1 Å². The maximum atomic E-state index is 12.8. The summed E-state index contributed by atoms with van der Waals surface area (Å²) in [5, 5.41) is 17.8. The van der Waals surface area contributed by atoms with Crippen LogP contribution in [0.3, 0.4) is 0 Å². The van der Waals surface area contributed by atoms with E-state index in [1.165, 1.54) is 12.1 Å². The molecule has 0 bridgehead atoms. The van der Waals surface area contributed by atoms with Crippen LogP contribution in [0.15, 0.2) is 66.7 Å². The van der Waals surface area contributed by atoms with Gasteiger partial charge in [0.05, 0.1) is 9.95 Å². The Morgan fingerprint density at radius 3 is 2.22 bits per heavy atom. The fourth-order valence-electron chi connectivity index (χ4n) is 3.06. The highest BCUT2D eigenvalue weighted by Gasteiger charge is 2.23. The first kappa shape index (κ1) is 21.8. The molecule has 7 nitrogen and oxygen atoms in total. The molecule has 0 radical (unpaired) electrons. The number of hydrogen-bond donors (Lipinski definition) is 2. The molecule has 160 valence electrons. The average Bonchev–Trinajstić information content (AvgIpc) is 3.10. The number of carbonyl (C=O) groups excluding carboxylic acids is 2. The van der Waals surface area contributed by atoms with Crippen LogP contribution in [0.2, 0.25) is 10.0 Å². The molecule has 0 aliphatic rings. The van der Waals surface area contributed by atoms with E-state index in [1.54, 1.807) is 54.6 Å². The van der Waals surface area contributed by atoms with Crippen molar-refractivity contribution in [1.29, 1.82) is 0 Å². The Labute approximate surface area is 195 Å². The van der Waals surface area contributed by atoms with Crippen LogP contribution >= 0.6 is 34.5 Å². The van der Waals surface area contributed by atoms with Gasteiger partial charge in [-0.05, 0) is 36.4 Å². The molecular formula is C22H13Cl2N3O4S. The highest BCUT2D eigenvalue weighted by molar-refractivity contribution is 7.22. The van der Waals surface area contributed by atoms with Crippen molar-refractivity contribution >= 4 is 73.5 Å². The third-order valence-corrected chi connectivity index (χ3v) is 6.47. The molecule has 0 saturated heterocycles. The molecule has 0 atom stereocenters. The molecule has 2 N–H and O–H groups in total. The maximum absolute atomic E-state index is 12.8. The van der Waals surface area contributed by atoms with Gasteiger partial charge in [-0.15, -0.1) is 11.3 Å². The lowest BCUT2D eigenvalue weighted by Gasteiger charge is -2.09. The van der Waals surface area contributed by atoms with Crippen LogP contribution in [0.1, 0.15) is 20.0 Å². The van der Waals surface area contributed by atoms with Crippen molar-refractivity contribution in [2.75, 3.05) is 10.6 Å². The molecule has 1 heterocycles. The fraction of sp³-hybridized carbons (Fsp3) is 0. The Bertz CT molecular complexity index is 1390. The van der Waals surface area contributed by atoms with Gasteiger partial charge in [0.15, 0.2) is 0 Å². The van der Waals surface area contributed by atoms with Gasteiger partial charge in [0.2, 0.25) is 0 Å². The molecule has 0 spiro atoms. The van der Waals surface area contributed by atoms with Crippen LogP contribution in [0, 0.1) is 10.1 Å². The minimum Gasteiger partial charge on any atom is -0.322 e. The van der Waals surface area contributed by atoms with Crippen LogP contribution in [0.5, 0.6) is 0 Å². The summed E-state index contributed by atoms with van der Waals surface area (Å²) in [6.07, 6.45) is 0. The van der Waals surface area contributed by atoms with Gasteiger partial charge in [0.25, 0.3) is 17.5 Å². The molecule has 0 fully saturated rings. The number of carbonyl (C=O) groups is 2. The Morgan fingerprint density at radius 1 is 0.875 bits per heavy atom. The lowest BCUT2D eigenvalue weighted by molar-refractivity contribution is -0.382. The molecule has 4 aromatic rings. The number of amides is 2. The summed E-state index contributed by atoms with van der Waals surface area (Å²) in [6, 6.07) is 17.6. The van der Waals surface area contributed by atoms with E-state index in [4.69, 9.17) is 23.2 Å². The van der Waals surface area contributed by atoms with Crippen molar-refractivity contribution in [2.24, 2.45) is 0 Å². The zero-order valence-corrected chi connectivity index (χ0v) is 18.4. The lowest BCUT2D eigenvalue weighted by atomic mass is 10.2. The second kappa shape index (κ2) is 8.96. The number of rotatable bonds is 5. The van der Waals surface area contributed by atoms with Crippen LogP contribution < -0.4 is 10.6 Å². The first-order chi connectivity index (χ1) is 15.3. The van der Waals surface area contributed by atoms with Gasteiger partial charge >= 0.3 is 0 Å². The molecule has 0 saturated carbocycles. The second-order valence-electron chi connectivity index (χ2n) is 6.66. The summed E-state index contributed by atoms with van der Waals surface area (Å²) in [7, 11) is 0. The third-order valence-electron chi connectivity index (χ3n) is 4.50. The van der Waals surface area contributed by atoms with E-state index in [9.17, 15) is 19.7 Å². The molecule has 2 amide bonds. The highest BCUT2D eigenvalue weighted by atomic mass is 35.5. The topological polar surface area (TPSA) is 101 Å². The van der Waals surface area contributed by atoms with Gasteiger partial charge in [0, 0.05) is 33.4 Å². The van der Waals surface area contributed by atoms with E-state index in [1.807, 2.05) is 0 Å². The minimum absolute atomic E-state index is 0.112. The number of nitrogens with zero attached hydrogens (tertiary/aromatic N) is 1. The van der Waals surface area contributed by atoms with E-state index < -0.39 is 10.8 Å². The lowest BCUT2D eigenvalue weighted by Crippen LogP contribution is -2.13. The van der Waals surface area contributed by atoms with E-state index >= 15 is 0 Å². The van der Waals surface area contributed by atoms with Gasteiger partial charge in [-0.1, -0.05) is 47.5 Å². The van der Waals surface area contributed by atoms with Crippen LogP contribution in [-0.4, -0.2) is 16.7 Å². The number of hydrogen-bond acceptors (Lipinski definition) is 5. The molecule has 1 aromatic heterocycles. The maximum Gasteiger partial charge on any atom is 0.287 e. The Hall–Kier alpha value is -3.46. The number of halogens is 2. The largest absolute Gasteiger partial charge is 0.322 e. The summed E-state index contributed by atoms with van der Waals surface area (Å²) in [5.74, 6) is -0.861. The van der Waals surface area contributed by atoms with Gasteiger partial charge in [-0.2, -0.15) is 0 Å². The number of non-ortho nitro benzene ring substituents is 1. The SMILES string of the molecule is O=C(Nc1cccc(NC(=O)c2sc3c([N+](=O)[O-])cccc3c2Cl)c1)c1cccc(Cl)c1. The Morgan fingerprint density at radius 2 is 1.53 bits per heavy atom. The van der Waals surface area contributed by atoms with E-state index in [2.05, 4.69) is 10.6 Å². The fourth-order valence-corrected chi connectivity index (χ4v) is 4.74. The van der Waals surface area contributed by atoms with Crippen LogP contribution in [-0.2, 0) is 0 Å². The van der Waals surface area contributed by atoms with Gasteiger partial charge in [-0.25, -0.2) is 0 Å². The molecule has 4 rings (SSSR count). The van der Waals surface area contributed by atoms with Crippen molar-refractivity contribution in [3.05, 3.63) is 97.3 Å². The van der Waals surface area contributed by atoms with Crippen molar-refractivity contribution in [2.45, 2.75) is 0 Å². The molecule has 0 aliphatic heterocycles. The normalized spacial score (nSPS) is 10.7. The number of nitro benzene ring substituents is 1. The minimum atomic E-state index is -0.511. The monoisotopic (exact) mass is 485 g/mol. The predicted octanol–water partition coefficient (Wildman–Crippen LogP) is 6.62. The molecular weight excluding hydrogens is 473 g/mol. The number of thiophene rings is 1. The summed E-state index contributed by atoms with van der Waals surface area (Å²) < 4.78 is 0.329. The second-order valence-corrected chi connectivity index (χ2v) is 8.49. The summed E-state index contributed by atoms with van der Waals surface area (Å²) >= 11 is 13.2. The molecule has 3 aromatic carbocycles. The van der Waals surface area contributed by atoms with Gasteiger partial charge in [0.1, 0.15) is 9.58 Å². The molecule has 32 heavy (non-hydrogen) atoms. The number of nitrogens with one attached hydrogen (secondary N) is 2. The quantitative estimate of drug-likeness (QED) is 0.245. The number of fused-ring (bicyclic) bond motifs is 1. The van der Waals surface area contributed by atoms with Crippen LogP contribution in [0.25, 0.3) is 10.1 Å². The predicted molar refractivity (Wildman–Crippen MR) is 127 cm³/mol. The van der Waals surface area contributed by atoms with Gasteiger partial charge < -0.3 is 10.6 Å². The van der Waals surface area contributed by atoms with E-state index in [-0.39, 0.29) is 21.5 Å². The van der Waals surface area contributed by atoms with Crippen molar-refractivity contribution in [3.63, 3.8) is 0 Å². The summed E-state index contributed by atoms with van der Waals surface area (Å²) in [5.41, 5.74) is 1.16. The third kappa shape index (κ3) is 4.43. The molecule has 0 unspecified atom stereocenters. The van der Waals surface area contributed by atoms with E-state index in [0.29, 0.717) is 32.0 Å².